The Labute approximate surface area is 108 Å². The molecule has 0 aliphatic carbocycles. The molecule has 2 aromatic rings. The normalized spacial score (nSPS) is 12.3. The van der Waals surface area contributed by atoms with E-state index in [1.807, 2.05) is 61.5 Å². The summed E-state index contributed by atoms with van der Waals surface area (Å²) < 4.78 is 7.52. The fourth-order valence-electron chi connectivity index (χ4n) is 1.91. The number of ether oxygens (including phenoxy) is 1. The molecule has 0 saturated carbocycles. The Morgan fingerprint density at radius 1 is 1.33 bits per heavy atom. The third kappa shape index (κ3) is 3.34. The second-order valence-electron chi connectivity index (χ2n) is 4.24. The van der Waals surface area contributed by atoms with Gasteiger partial charge in [-0.05, 0) is 19.2 Å². The molecule has 2 rings (SSSR count). The van der Waals surface area contributed by atoms with Gasteiger partial charge in [-0.2, -0.15) is 5.10 Å². The second kappa shape index (κ2) is 6.21. The Balaban J connectivity index is 1.85. The van der Waals surface area contributed by atoms with Gasteiger partial charge in [0, 0.05) is 31.3 Å². The van der Waals surface area contributed by atoms with Crippen LogP contribution in [0.1, 0.15) is 18.0 Å². The maximum absolute atomic E-state index is 5.70. The quantitative estimate of drug-likeness (QED) is 0.847. The molecule has 1 atom stereocenters. The van der Waals surface area contributed by atoms with Crippen LogP contribution in [0.15, 0.2) is 42.7 Å². The molecule has 0 aliphatic rings. The SMILES string of the molecule is CNC(CCOc1ccccc1)c1cnn(C)c1. The fraction of sp³-hybridized carbons (Fsp3) is 0.357. The Bertz CT molecular complexity index is 467. The highest BCUT2D eigenvalue weighted by molar-refractivity contribution is 5.21. The molecule has 0 radical (unpaired) electrons. The van der Waals surface area contributed by atoms with E-state index in [1.165, 1.54) is 5.56 Å². The van der Waals surface area contributed by atoms with Crippen LogP contribution >= 0.6 is 0 Å². The molecule has 1 N–H and O–H groups in total. The molecule has 4 heteroatoms. The highest BCUT2D eigenvalue weighted by Crippen LogP contribution is 2.16. The van der Waals surface area contributed by atoms with Gasteiger partial charge >= 0.3 is 0 Å². The molecule has 0 amide bonds. The Morgan fingerprint density at radius 3 is 2.72 bits per heavy atom. The molecule has 0 bridgehead atoms. The molecule has 4 nitrogen and oxygen atoms in total. The molecule has 1 aromatic carbocycles. The van der Waals surface area contributed by atoms with Crippen molar-refractivity contribution in [3.8, 4) is 5.75 Å². The number of benzene rings is 1. The number of nitrogens with zero attached hydrogens (tertiary/aromatic N) is 2. The van der Waals surface area contributed by atoms with Gasteiger partial charge in [0.15, 0.2) is 0 Å². The van der Waals surface area contributed by atoms with Crippen molar-refractivity contribution in [1.29, 1.82) is 0 Å². The number of para-hydroxylation sites is 1. The number of aromatic nitrogens is 2. The molecule has 96 valence electrons. The van der Waals surface area contributed by atoms with Crippen molar-refractivity contribution in [2.45, 2.75) is 12.5 Å². The monoisotopic (exact) mass is 245 g/mol. The van der Waals surface area contributed by atoms with Crippen molar-refractivity contribution in [2.75, 3.05) is 13.7 Å². The van der Waals surface area contributed by atoms with Gasteiger partial charge in [-0.25, -0.2) is 0 Å². The van der Waals surface area contributed by atoms with Gasteiger partial charge in [0.25, 0.3) is 0 Å². The number of nitrogens with one attached hydrogen (secondary N) is 1. The Morgan fingerprint density at radius 2 is 2.11 bits per heavy atom. The van der Waals surface area contributed by atoms with E-state index in [0.717, 1.165) is 12.2 Å². The molecule has 0 spiro atoms. The van der Waals surface area contributed by atoms with Gasteiger partial charge in [-0.3, -0.25) is 4.68 Å². The lowest BCUT2D eigenvalue weighted by Gasteiger charge is -2.14. The van der Waals surface area contributed by atoms with Crippen LogP contribution in [-0.2, 0) is 7.05 Å². The van der Waals surface area contributed by atoms with E-state index in [2.05, 4.69) is 10.4 Å². The van der Waals surface area contributed by atoms with Gasteiger partial charge < -0.3 is 10.1 Å². The lowest BCUT2D eigenvalue weighted by atomic mass is 10.1. The summed E-state index contributed by atoms with van der Waals surface area (Å²) >= 11 is 0. The third-order valence-corrected chi connectivity index (χ3v) is 2.89. The molecular weight excluding hydrogens is 226 g/mol. The van der Waals surface area contributed by atoms with E-state index in [0.29, 0.717) is 6.61 Å². The van der Waals surface area contributed by atoms with E-state index in [1.54, 1.807) is 0 Å². The number of hydrogen-bond donors (Lipinski definition) is 1. The summed E-state index contributed by atoms with van der Waals surface area (Å²) in [6.07, 6.45) is 4.84. The zero-order valence-corrected chi connectivity index (χ0v) is 10.8. The minimum Gasteiger partial charge on any atom is -0.494 e. The van der Waals surface area contributed by atoms with E-state index in [-0.39, 0.29) is 6.04 Å². The third-order valence-electron chi connectivity index (χ3n) is 2.89. The summed E-state index contributed by atoms with van der Waals surface area (Å²) in [6, 6.07) is 10.2. The van der Waals surface area contributed by atoms with E-state index in [9.17, 15) is 0 Å². The van der Waals surface area contributed by atoms with Crippen molar-refractivity contribution in [1.82, 2.24) is 15.1 Å². The van der Waals surface area contributed by atoms with E-state index in [4.69, 9.17) is 4.74 Å². The molecule has 1 aromatic heterocycles. The van der Waals surface area contributed by atoms with Crippen LogP contribution in [0.2, 0.25) is 0 Å². The minimum absolute atomic E-state index is 0.280. The van der Waals surface area contributed by atoms with Crippen LogP contribution in [-0.4, -0.2) is 23.4 Å². The predicted octanol–water partition coefficient (Wildman–Crippen LogP) is 2.15. The standard InChI is InChI=1S/C14H19N3O/c1-15-14(12-10-16-17(2)11-12)8-9-18-13-6-4-3-5-7-13/h3-7,10-11,14-15H,8-9H2,1-2H3. The summed E-state index contributed by atoms with van der Waals surface area (Å²) in [6.45, 7) is 0.685. The molecule has 18 heavy (non-hydrogen) atoms. The molecule has 0 fully saturated rings. The molecule has 1 unspecified atom stereocenters. The molecule has 0 saturated heterocycles. The number of rotatable bonds is 6. The fourth-order valence-corrected chi connectivity index (χ4v) is 1.91. The Hall–Kier alpha value is -1.81. The molecule has 0 aliphatic heterocycles. The summed E-state index contributed by atoms with van der Waals surface area (Å²) in [5.74, 6) is 0.915. The van der Waals surface area contributed by atoms with Gasteiger partial charge in [0.1, 0.15) is 5.75 Å². The average molecular weight is 245 g/mol. The molecular formula is C14H19N3O. The predicted molar refractivity (Wildman–Crippen MR) is 71.6 cm³/mol. The largest absolute Gasteiger partial charge is 0.494 e. The van der Waals surface area contributed by atoms with Gasteiger partial charge in [-0.15, -0.1) is 0 Å². The first-order valence-corrected chi connectivity index (χ1v) is 6.13. The maximum Gasteiger partial charge on any atom is 0.119 e. The van der Waals surface area contributed by atoms with E-state index < -0.39 is 0 Å². The van der Waals surface area contributed by atoms with Crippen molar-refractivity contribution >= 4 is 0 Å². The number of aryl methyl sites for hydroxylation is 1. The first kappa shape index (κ1) is 12.6. The second-order valence-corrected chi connectivity index (χ2v) is 4.24. The maximum atomic E-state index is 5.70. The average Bonchev–Trinajstić information content (AvgIpc) is 2.82. The van der Waals surface area contributed by atoms with Crippen LogP contribution in [0.3, 0.4) is 0 Å². The highest BCUT2D eigenvalue weighted by atomic mass is 16.5. The highest BCUT2D eigenvalue weighted by Gasteiger charge is 2.10. The van der Waals surface area contributed by atoms with Crippen LogP contribution in [0, 0.1) is 0 Å². The van der Waals surface area contributed by atoms with Crippen LogP contribution in [0.5, 0.6) is 5.75 Å². The van der Waals surface area contributed by atoms with Crippen molar-refractivity contribution in [3.05, 3.63) is 48.3 Å². The van der Waals surface area contributed by atoms with Gasteiger partial charge in [0.2, 0.25) is 0 Å². The van der Waals surface area contributed by atoms with Crippen LogP contribution in [0.4, 0.5) is 0 Å². The number of hydrogen-bond acceptors (Lipinski definition) is 3. The lowest BCUT2D eigenvalue weighted by molar-refractivity contribution is 0.290. The topological polar surface area (TPSA) is 39.1 Å². The van der Waals surface area contributed by atoms with Crippen molar-refractivity contribution in [3.63, 3.8) is 0 Å². The van der Waals surface area contributed by atoms with Gasteiger partial charge in [0.05, 0.1) is 12.8 Å². The zero-order chi connectivity index (χ0) is 12.8. The van der Waals surface area contributed by atoms with Crippen molar-refractivity contribution in [2.24, 2.45) is 7.05 Å². The van der Waals surface area contributed by atoms with Gasteiger partial charge in [-0.1, -0.05) is 18.2 Å². The van der Waals surface area contributed by atoms with Crippen molar-refractivity contribution < 1.29 is 4.74 Å². The smallest absolute Gasteiger partial charge is 0.119 e. The first-order valence-electron chi connectivity index (χ1n) is 6.13. The van der Waals surface area contributed by atoms with E-state index >= 15 is 0 Å². The first-order chi connectivity index (χ1) is 8.79. The molecule has 1 heterocycles. The Kier molecular flexibility index (Phi) is 4.36. The summed E-state index contributed by atoms with van der Waals surface area (Å²) in [7, 11) is 3.89. The summed E-state index contributed by atoms with van der Waals surface area (Å²) in [5.41, 5.74) is 1.19. The lowest BCUT2D eigenvalue weighted by Crippen LogP contribution is -2.18. The summed E-state index contributed by atoms with van der Waals surface area (Å²) in [5, 5.41) is 7.47. The zero-order valence-electron chi connectivity index (χ0n) is 10.8. The summed E-state index contributed by atoms with van der Waals surface area (Å²) in [4.78, 5) is 0. The minimum atomic E-state index is 0.280. The van der Waals surface area contributed by atoms with Crippen LogP contribution in [0.25, 0.3) is 0 Å². The van der Waals surface area contributed by atoms with Crippen LogP contribution < -0.4 is 10.1 Å².